The van der Waals surface area contributed by atoms with Crippen molar-refractivity contribution in [3.63, 3.8) is 0 Å². The molecule has 1 aromatic carbocycles. The average Bonchev–Trinajstić information content (AvgIpc) is 3.03. The van der Waals surface area contributed by atoms with Crippen LogP contribution in [0, 0.1) is 0 Å². The third-order valence-corrected chi connectivity index (χ3v) is 4.30. The third kappa shape index (κ3) is 1.93. The molecule has 0 spiro atoms. The van der Waals surface area contributed by atoms with Gasteiger partial charge in [-0.1, -0.05) is 18.2 Å². The van der Waals surface area contributed by atoms with Crippen molar-refractivity contribution in [1.29, 1.82) is 0 Å². The fraction of sp³-hybridized carbons (Fsp3) is 0.250. The molecule has 4 rings (SSSR count). The van der Waals surface area contributed by atoms with Crippen molar-refractivity contribution in [2.45, 2.75) is 24.0 Å². The van der Waals surface area contributed by atoms with Gasteiger partial charge in [-0.05, 0) is 18.9 Å². The molecule has 8 nitrogen and oxygen atoms in total. The van der Waals surface area contributed by atoms with Crippen molar-refractivity contribution < 1.29 is 8.42 Å². The largest absolute Gasteiger partial charge is 0.292 e. The first kappa shape index (κ1) is 12.5. The summed E-state index contributed by atoms with van der Waals surface area (Å²) in [4.78, 5) is 0. The second-order valence-corrected chi connectivity index (χ2v) is 6.53. The molecule has 2 heterocycles. The van der Waals surface area contributed by atoms with Gasteiger partial charge in [-0.25, -0.2) is 13.6 Å². The highest BCUT2D eigenvalue weighted by Gasteiger charge is 2.34. The van der Waals surface area contributed by atoms with E-state index in [1.807, 2.05) is 24.3 Å². The van der Waals surface area contributed by atoms with Crippen LogP contribution in [0.1, 0.15) is 18.9 Å². The van der Waals surface area contributed by atoms with Gasteiger partial charge in [0.25, 0.3) is 15.2 Å². The number of fused-ring (bicyclic) bond motifs is 1. The van der Waals surface area contributed by atoms with E-state index in [1.54, 1.807) is 4.57 Å². The van der Waals surface area contributed by atoms with Gasteiger partial charge in [0, 0.05) is 11.4 Å². The molecule has 0 bridgehead atoms. The van der Waals surface area contributed by atoms with E-state index in [2.05, 4.69) is 20.4 Å². The summed E-state index contributed by atoms with van der Waals surface area (Å²) in [5.41, 5.74) is 1.44. The zero-order chi connectivity index (χ0) is 14.6. The summed E-state index contributed by atoms with van der Waals surface area (Å²) in [6, 6.07) is 7.64. The number of rotatable bonds is 3. The molecule has 21 heavy (non-hydrogen) atoms. The fourth-order valence-corrected chi connectivity index (χ4v) is 3.09. The van der Waals surface area contributed by atoms with Crippen LogP contribution in [0.15, 0.2) is 29.4 Å². The van der Waals surface area contributed by atoms with Gasteiger partial charge in [0.05, 0.1) is 5.52 Å². The molecule has 0 saturated heterocycles. The summed E-state index contributed by atoms with van der Waals surface area (Å²) in [5, 5.41) is 20.8. The Morgan fingerprint density at radius 2 is 2.00 bits per heavy atom. The number of primary sulfonamides is 1. The summed E-state index contributed by atoms with van der Waals surface area (Å²) in [5.74, 6) is 0.430. The van der Waals surface area contributed by atoms with E-state index in [0.717, 1.165) is 23.7 Å². The van der Waals surface area contributed by atoms with Gasteiger partial charge >= 0.3 is 0 Å². The van der Waals surface area contributed by atoms with Gasteiger partial charge in [0.1, 0.15) is 5.69 Å². The lowest BCUT2D eigenvalue weighted by Crippen LogP contribution is -2.18. The van der Waals surface area contributed by atoms with Crippen LogP contribution in [0.25, 0.3) is 22.4 Å². The number of nitrogens with one attached hydrogen (secondary N) is 1. The van der Waals surface area contributed by atoms with E-state index in [9.17, 15) is 8.42 Å². The summed E-state index contributed by atoms with van der Waals surface area (Å²) in [6.45, 7) is 0. The minimum atomic E-state index is -3.91. The van der Waals surface area contributed by atoms with Gasteiger partial charge in [0.15, 0.2) is 5.82 Å². The molecule has 0 unspecified atom stereocenters. The minimum Gasteiger partial charge on any atom is -0.292 e. The maximum Gasteiger partial charge on any atom is 0.273 e. The molecule has 1 aliphatic rings. The van der Waals surface area contributed by atoms with Crippen LogP contribution in [-0.2, 0) is 10.0 Å². The van der Waals surface area contributed by atoms with E-state index in [1.165, 1.54) is 0 Å². The zero-order valence-corrected chi connectivity index (χ0v) is 11.7. The lowest BCUT2D eigenvalue weighted by atomic mass is 10.2. The third-order valence-electron chi connectivity index (χ3n) is 3.51. The molecule has 3 N–H and O–H groups in total. The lowest BCUT2D eigenvalue weighted by Gasteiger charge is -2.06. The molecule has 9 heteroatoms. The first-order chi connectivity index (χ1) is 10.1. The number of hydrogen-bond donors (Lipinski definition) is 2. The molecular formula is C12H12N6O2S. The van der Waals surface area contributed by atoms with Gasteiger partial charge < -0.3 is 0 Å². The Balaban J connectivity index is 1.99. The second-order valence-electron chi connectivity index (χ2n) is 5.07. The van der Waals surface area contributed by atoms with Gasteiger partial charge in [-0.2, -0.15) is 5.10 Å². The monoisotopic (exact) mass is 304 g/mol. The van der Waals surface area contributed by atoms with Crippen molar-refractivity contribution >= 4 is 20.9 Å². The van der Waals surface area contributed by atoms with Gasteiger partial charge in [-0.3, -0.25) is 9.67 Å². The highest BCUT2D eigenvalue weighted by atomic mass is 32.2. The number of hydrogen-bond acceptors (Lipinski definition) is 5. The summed E-state index contributed by atoms with van der Waals surface area (Å²) in [6.07, 6.45) is 1.77. The molecule has 1 aliphatic carbocycles. The molecule has 1 saturated carbocycles. The number of para-hydroxylation sites is 1. The molecule has 2 aromatic heterocycles. The van der Waals surface area contributed by atoms with Crippen LogP contribution in [0.3, 0.4) is 0 Å². The van der Waals surface area contributed by atoms with E-state index < -0.39 is 10.0 Å². The van der Waals surface area contributed by atoms with E-state index in [0.29, 0.717) is 11.5 Å². The Morgan fingerprint density at radius 1 is 1.24 bits per heavy atom. The Kier molecular flexibility index (Phi) is 2.45. The highest BCUT2D eigenvalue weighted by molar-refractivity contribution is 7.89. The highest BCUT2D eigenvalue weighted by Crippen LogP contribution is 2.40. The summed E-state index contributed by atoms with van der Waals surface area (Å²) >= 11 is 0. The van der Waals surface area contributed by atoms with Crippen LogP contribution in [0.4, 0.5) is 0 Å². The predicted molar refractivity (Wildman–Crippen MR) is 74.8 cm³/mol. The Hall–Kier alpha value is -2.26. The van der Waals surface area contributed by atoms with Crippen LogP contribution >= 0.6 is 0 Å². The van der Waals surface area contributed by atoms with Crippen LogP contribution in [-0.4, -0.2) is 33.4 Å². The SMILES string of the molecule is NS(=O)(=O)c1nnc(-c2n[nH]c3ccccc23)n1C1CC1. The molecule has 0 amide bonds. The lowest BCUT2D eigenvalue weighted by molar-refractivity contribution is 0.567. The molecule has 3 aromatic rings. The molecular weight excluding hydrogens is 292 g/mol. The standard InChI is InChI=1S/C12H12N6O2S/c13-21(19,20)12-17-16-11(18(12)7-5-6-7)10-8-3-1-2-4-9(8)14-15-10/h1-4,7H,5-6H2,(H,14,15)(H2,13,19,20). The summed E-state index contributed by atoms with van der Waals surface area (Å²) < 4.78 is 24.9. The van der Waals surface area contributed by atoms with Gasteiger partial charge in [0.2, 0.25) is 0 Å². The maximum atomic E-state index is 11.7. The van der Waals surface area contributed by atoms with Crippen LogP contribution in [0.5, 0.6) is 0 Å². The minimum absolute atomic E-state index is 0.0683. The smallest absolute Gasteiger partial charge is 0.273 e. The van der Waals surface area contributed by atoms with E-state index >= 15 is 0 Å². The normalized spacial score (nSPS) is 15.7. The molecule has 0 aliphatic heterocycles. The number of benzene rings is 1. The van der Waals surface area contributed by atoms with Crippen molar-refractivity contribution in [3.05, 3.63) is 24.3 Å². The average molecular weight is 304 g/mol. The summed E-state index contributed by atoms with van der Waals surface area (Å²) in [7, 11) is -3.91. The number of nitrogens with zero attached hydrogens (tertiary/aromatic N) is 4. The molecule has 1 fully saturated rings. The van der Waals surface area contributed by atoms with Crippen LogP contribution < -0.4 is 5.14 Å². The predicted octanol–water partition coefficient (Wildman–Crippen LogP) is 0.804. The van der Waals surface area contributed by atoms with E-state index in [-0.39, 0.29) is 11.2 Å². The second kappa shape index (κ2) is 4.12. The Morgan fingerprint density at radius 3 is 2.71 bits per heavy atom. The maximum absolute atomic E-state index is 11.7. The number of nitrogens with two attached hydrogens (primary N) is 1. The van der Waals surface area contributed by atoms with Gasteiger partial charge in [-0.15, -0.1) is 10.2 Å². The Bertz CT molecular complexity index is 938. The number of aromatic amines is 1. The topological polar surface area (TPSA) is 120 Å². The number of H-pyrrole nitrogens is 1. The fourth-order valence-electron chi connectivity index (χ4n) is 2.43. The zero-order valence-electron chi connectivity index (χ0n) is 10.9. The first-order valence-electron chi connectivity index (χ1n) is 6.47. The molecule has 0 radical (unpaired) electrons. The van der Waals surface area contributed by atoms with Crippen LogP contribution in [0.2, 0.25) is 0 Å². The quantitative estimate of drug-likeness (QED) is 0.741. The van der Waals surface area contributed by atoms with Crippen molar-refractivity contribution in [1.82, 2.24) is 25.0 Å². The number of aromatic nitrogens is 5. The Labute approximate surface area is 120 Å². The number of sulfonamides is 1. The first-order valence-corrected chi connectivity index (χ1v) is 8.01. The molecule has 108 valence electrons. The van der Waals surface area contributed by atoms with Crippen molar-refractivity contribution in [2.75, 3.05) is 0 Å². The molecule has 0 atom stereocenters. The van der Waals surface area contributed by atoms with Crippen molar-refractivity contribution in [3.8, 4) is 11.5 Å². The van der Waals surface area contributed by atoms with E-state index in [4.69, 9.17) is 5.14 Å². The van der Waals surface area contributed by atoms with Crippen molar-refractivity contribution in [2.24, 2.45) is 5.14 Å².